The lowest BCUT2D eigenvalue weighted by Gasteiger charge is -2.20. The number of ether oxygens (including phenoxy) is 1. The molecule has 1 aromatic carbocycles. The molecular formula is C12H14FNO2S. The van der Waals surface area contributed by atoms with Crippen LogP contribution in [0.5, 0.6) is 5.75 Å². The summed E-state index contributed by atoms with van der Waals surface area (Å²) in [6, 6.07) is 4.55. The van der Waals surface area contributed by atoms with Crippen LogP contribution in [0.3, 0.4) is 0 Å². The summed E-state index contributed by atoms with van der Waals surface area (Å²) in [5.41, 5.74) is 0.240. The van der Waals surface area contributed by atoms with Crippen molar-refractivity contribution in [2.24, 2.45) is 5.92 Å². The Morgan fingerprint density at radius 1 is 1.59 bits per heavy atom. The smallest absolute Gasteiger partial charge is 0.227 e. The van der Waals surface area contributed by atoms with Gasteiger partial charge in [-0.05, 0) is 23.8 Å². The highest BCUT2D eigenvalue weighted by molar-refractivity contribution is 7.80. The second-order valence-corrected chi connectivity index (χ2v) is 4.41. The highest BCUT2D eigenvalue weighted by Crippen LogP contribution is 2.35. The monoisotopic (exact) mass is 255 g/mol. The maximum absolute atomic E-state index is 13.8. The Morgan fingerprint density at radius 2 is 2.35 bits per heavy atom. The molecule has 0 bridgehead atoms. The van der Waals surface area contributed by atoms with Crippen LogP contribution in [0, 0.1) is 11.7 Å². The van der Waals surface area contributed by atoms with Crippen LogP contribution in [-0.4, -0.2) is 25.3 Å². The van der Waals surface area contributed by atoms with Gasteiger partial charge in [-0.15, -0.1) is 0 Å². The molecule has 1 amide bonds. The van der Waals surface area contributed by atoms with E-state index in [9.17, 15) is 9.18 Å². The van der Waals surface area contributed by atoms with Crippen LogP contribution in [0.2, 0.25) is 0 Å². The molecule has 5 heteroatoms. The molecule has 0 spiro atoms. The summed E-state index contributed by atoms with van der Waals surface area (Å²) in [4.78, 5) is 13.3. The van der Waals surface area contributed by atoms with E-state index in [1.807, 2.05) is 0 Å². The van der Waals surface area contributed by atoms with E-state index in [0.29, 0.717) is 24.5 Å². The largest absolute Gasteiger partial charge is 0.494 e. The first-order valence-corrected chi connectivity index (χ1v) is 6.04. The zero-order valence-corrected chi connectivity index (χ0v) is 10.4. The SMILES string of the molecule is COc1cccc(F)c1N1CC(CS)CC1=O. The first-order chi connectivity index (χ1) is 8.17. The van der Waals surface area contributed by atoms with E-state index in [1.165, 1.54) is 18.1 Å². The van der Waals surface area contributed by atoms with Gasteiger partial charge in [-0.2, -0.15) is 12.6 Å². The highest BCUT2D eigenvalue weighted by atomic mass is 32.1. The summed E-state index contributed by atoms with van der Waals surface area (Å²) in [5.74, 6) is 0.678. The lowest BCUT2D eigenvalue weighted by atomic mass is 10.1. The number of methoxy groups -OCH3 is 1. The van der Waals surface area contributed by atoms with Crippen LogP contribution in [-0.2, 0) is 4.79 Å². The maximum atomic E-state index is 13.8. The predicted molar refractivity (Wildman–Crippen MR) is 67.3 cm³/mol. The van der Waals surface area contributed by atoms with Crippen molar-refractivity contribution in [2.75, 3.05) is 24.3 Å². The summed E-state index contributed by atoms with van der Waals surface area (Å²) in [5, 5.41) is 0. The molecular weight excluding hydrogens is 241 g/mol. The molecule has 1 saturated heterocycles. The minimum atomic E-state index is -0.433. The Labute approximate surface area is 105 Å². The van der Waals surface area contributed by atoms with E-state index in [2.05, 4.69) is 12.6 Å². The Hall–Kier alpha value is -1.23. The molecule has 0 saturated carbocycles. The maximum Gasteiger partial charge on any atom is 0.227 e. The summed E-state index contributed by atoms with van der Waals surface area (Å²) < 4.78 is 18.9. The summed E-state index contributed by atoms with van der Waals surface area (Å²) in [6.45, 7) is 0.500. The lowest BCUT2D eigenvalue weighted by molar-refractivity contribution is -0.117. The van der Waals surface area contributed by atoms with Crippen LogP contribution in [0.15, 0.2) is 18.2 Å². The fourth-order valence-electron chi connectivity index (χ4n) is 2.04. The molecule has 1 aliphatic heterocycles. The Balaban J connectivity index is 2.37. The van der Waals surface area contributed by atoms with Gasteiger partial charge in [0.2, 0.25) is 5.91 Å². The number of carbonyl (C=O) groups is 1. The van der Waals surface area contributed by atoms with Crippen molar-refractivity contribution >= 4 is 24.2 Å². The zero-order valence-electron chi connectivity index (χ0n) is 9.52. The van der Waals surface area contributed by atoms with Crippen molar-refractivity contribution in [1.29, 1.82) is 0 Å². The Morgan fingerprint density at radius 3 is 2.94 bits per heavy atom. The van der Waals surface area contributed by atoms with Crippen LogP contribution >= 0.6 is 12.6 Å². The van der Waals surface area contributed by atoms with Crippen LogP contribution in [0.25, 0.3) is 0 Å². The molecule has 0 aromatic heterocycles. The summed E-state index contributed by atoms with van der Waals surface area (Å²) in [7, 11) is 1.47. The predicted octanol–water partition coefficient (Wildman–Crippen LogP) is 2.12. The summed E-state index contributed by atoms with van der Waals surface area (Å²) in [6.07, 6.45) is 0.418. The lowest BCUT2D eigenvalue weighted by Crippen LogP contribution is -2.26. The topological polar surface area (TPSA) is 29.5 Å². The molecule has 1 fully saturated rings. The van der Waals surface area contributed by atoms with Crippen LogP contribution < -0.4 is 9.64 Å². The van der Waals surface area contributed by atoms with E-state index in [4.69, 9.17) is 4.74 Å². The minimum absolute atomic E-state index is 0.0764. The number of hydrogen-bond donors (Lipinski definition) is 1. The van der Waals surface area contributed by atoms with Crippen molar-refractivity contribution in [3.05, 3.63) is 24.0 Å². The molecule has 2 rings (SSSR count). The van der Waals surface area contributed by atoms with Crippen molar-refractivity contribution in [1.82, 2.24) is 0 Å². The average Bonchev–Trinajstić information content (AvgIpc) is 2.70. The number of para-hydroxylation sites is 1. The molecule has 1 unspecified atom stereocenters. The molecule has 1 aliphatic rings. The Kier molecular flexibility index (Phi) is 3.57. The van der Waals surface area contributed by atoms with E-state index in [1.54, 1.807) is 12.1 Å². The van der Waals surface area contributed by atoms with Gasteiger partial charge in [-0.1, -0.05) is 6.07 Å². The molecule has 1 atom stereocenters. The van der Waals surface area contributed by atoms with Gasteiger partial charge in [0.1, 0.15) is 11.4 Å². The van der Waals surface area contributed by atoms with Crippen molar-refractivity contribution < 1.29 is 13.9 Å². The number of anilines is 1. The molecule has 17 heavy (non-hydrogen) atoms. The summed E-state index contributed by atoms with van der Waals surface area (Å²) >= 11 is 4.18. The second-order valence-electron chi connectivity index (χ2n) is 4.05. The number of hydrogen-bond acceptors (Lipinski definition) is 3. The van der Waals surface area contributed by atoms with Gasteiger partial charge in [0.15, 0.2) is 5.82 Å². The zero-order chi connectivity index (χ0) is 12.4. The third-order valence-electron chi connectivity index (χ3n) is 2.90. The molecule has 0 aliphatic carbocycles. The van der Waals surface area contributed by atoms with Crippen molar-refractivity contribution in [2.45, 2.75) is 6.42 Å². The van der Waals surface area contributed by atoms with Crippen molar-refractivity contribution in [3.8, 4) is 5.75 Å². The number of benzene rings is 1. The first kappa shape index (κ1) is 12.2. The number of halogens is 1. The highest BCUT2D eigenvalue weighted by Gasteiger charge is 2.32. The minimum Gasteiger partial charge on any atom is -0.494 e. The van der Waals surface area contributed by atoms with Gasteiger partial charge in [0, 0.05) is 13.0 Å². The van der Waals surface area contributed by atoms with Crippen molar-refractivity contribution in [3.63, 3.8) is 0 Å². The van der Waals surface area contributed by atoms with Crippen LogP contribution in [0.1, 0.15) is 6.42 Å². The second kappa shape index (κ2) is 4.96. The van der Waals surface area contributed by atoms with E-state index < -0.39 is 5.82 Å². The number of thiol groups is 1. The molecule has 1 heterocycles. The Bertz CT molecular complexity index is 439. The number of rotatable bonds is 3. The third-order valence-corrected chi connectivity index (χ3v) is 3.42. The van der Waals surface area contributed by atoms with Gasteiger partial charge >= 0.3 is 0 Å². The quantitative estimate of drug-likeness (QED) is 0.838. The number of carbonyl (C=O) groups excluding carboxylic acids is 1. The van der Waals surface area contributed by atoms with Gasteiger partial charge in [-0.25, -0.2) is 4.39 Å². The van der Waals surface area contributed by atoms with Gasteiger partial charge < -0.3 is 9.64 Å². The molecule has 3 nitrogen and oxygen atoms in total. The number of amides is 1. The normalized spacial score (nSPS) is 19.8. The number of nitrogens with zero attached hydrogens (tertiary/aromatic N) is 1. The van der Waals surface area contributed by atoms with Gasteiger partial charge in [0.25, 0.3) is 0 Å². The van der Waals surface area contributed by atoms with Crippen LogP contribution in [0.4, 0.5) is 10.1 Å². The third kappa shape index (κ3) is 2.24. The fourth-order valence-corrected chi connectivity index (χ4v) is 2.29. The van der Waals surface area contributed by atoms with E-state index in [0.717, 1.165) is 0 Å². The first-order valence-electron chi connectivity index (χ1n) is 5.41. The van der Waals surface area contributed by atoms with E-state index in [-0.39, 0.29) is 17.5 Å². The van der Waals surface area contributed by atoms with Gasteiger partial charge in [0.05, 0.1) is 7.11 Å². The van der Waals surface area contributed by atoms with Gasteiger partial charge in [-0.3, -0.25) is 4.79 Å². The van der Waals surface area contributed by atoms with E-state index >= 15 is 0 Å². The molecule has 1 aromatic rings. The molecule has 92 valence electrons. The average molecular weight is 255 g/mol. The molecule has 0 radical (unpaired) electrons. The fraction of sp³-hybridized carbons (Fsp3) is 0.417. The molecule has 0 N–H and O–H groups in total. The standard InChI is InChI=1S/C12H14FNO2S/c1-16-10-4-2-3-9(13)12(10)14-6-8(7-17)5-11(14)15/h2-4,8,17H,5-7H2,1H3.